The summed E-state index contributed by atoms with van der Waals surface area (Å²) in [6.07, 6.45) is 0. The van der Waals surface area contributed by atoms with Crippen LogP contribution in [-0.4, -0.2) is 55.7 Å². The zero-order chi connectivity index (χ0) is 21.7. The highest BCUT2D eigenvalue weighted by Crippen LogP contribution is 2.40. The first-order chi connectivity index (χ1) is 14.5. The second kappa shape index (κ2) is 9.45. The minimum absolute atomic E-state index is 0.0357. The normalized spacial score (nSPS) is 18.0. The second-order valence-corrected chi connectivity index (χ2v) is 6.72. The van der Waals surface area contributed by atoms with Gasteiger partial charge in [0.2, 0.25) is 0 Å². The molecule has 0 aromatic heterocycles. The van der Waals surface area contributed by atoms with E-state index in [9.17, 15) is 14.7 Å². The second-order valence-electron chi connectivity index (χ2n) is 6.72. The summed E-state index contributed by atoms with van der Waals surface area (Å²) in [6.45, 7) is 2.90. The predicted octanol–water partition coefficient (Wildman–Crippen LogP) is 3.16. The molecule has 1 amide bonds. The molecule has 1 aliphatic rings. The molecule has 1 atom stereocenters. The van der Waals surface area contributed by atoms with Crippen molar-refractivity contribution in [3.63, 3.8) is 0 Å². The Kier molecular flexibility index (Phi) is 6.74. The van der Waals surface area contributed by atoms with E-state index in [1.54, 1.807) is 48.5 Å². The average molecular weight is 411 g/mol. The Hall–Kier alpha value is -3.32. The molecule has 0 aliphatic carbocycles. The Morgan fingerprint density at radius 2 is 1.80 bits per heavy atom. The van der Waals surface area contributed by atoms with Crippen LogP contribution in [0.25, 0.3) is 5.76 Å². The fourth-order valence-corrected chi connectivity index (χ4v) is 3.49. The van der Waals surface area contributed by atoms with Gasteiger partial charge in [-0.1, -0.05) is 24.3 Å². The summed E-state index contributed by atoms with van der Waals surface area (Å²) in [7, 11) is 3.04. The number of ether oxygens (including phenoxy) is 3. The van der Waals surface area contributed by atoms with Gasteiger partial charge in [0.05, 0.1) is 31.9 Å². The van der Waals surface area contributed by atoms with Gasteiger partial charge in [0, 0.05) is 19.2 Å². The number of Topliss-reactive ketones (excluding diaryl/α,β-unsaturated/α-hetero) is 1. The summed E-state index contributed by atoms with van der Waals surface area (Å²) < 4.78 is 15.8. The van der Waals surface area contributed by atoms with E-state index in [1.807, 2.05) is 6.92 Å². The fourth-order valence-electron chi connectivity index (χ4n) is 3.49. The van der Waals surface area contributed by atoms with Crippen molar-refractivity contribution in [3.05, 3.63) is 65.2 Å². The van der Waals surface area contributed by atoms with Gasteiger partial charge in [-0.2, -0.15) is 0 Å². The SMILES string of the molecule is CCOc1ccc(C2/C(=C(/O)c3cccc(OC)c3)C(=O)C(=O)N2CCOC)cc1. The van der Waals surface area contributed by atoms with E-state index >= 15 is 0 Å². The van der Waals surface area contributed by atoms with Gasteiger partial charge in [-0.05, 0) is 36.8 Å². The fraction of sp³-hybridized carbons (Fsp3) is 0.304. The molecule has 1 heterocycles. The van der Waals surface area contributed by atoms with Crippen LogP contribution in [0.3, 0.4) is 0 Å². The van der Waals surface area contributed by atoms with E-state index < -0.39 is 17.7 Å². The predicted molar refractivity (Wildman–Crippen MR) is 111 cm³/mol. The van der Waals surface area contributed by atoms with Gasteiger partial charge in [0.1, 0.15) is 17.3 Å². The van der Waals surface area contributed by atoms with E-state index in [-0.39, 0.29) is 24.5 Å². The van der Waals surface area contributed by atoms with Crippen molar-refractivity contribution in [3.8, 4) is 11.5 Å². The van der Waals surface area contributed by atoms with Gasteiger partial charge in [-0.25, -0.2) is 0 Å². The van der Waals surface area contributed by atoms with Gasteiger partial charge in [0.15, 0.2) is 0 Å². The number of hydrogen-bond donors (Lipinski definition) is 1. The van der Waals surface area contributed by atoms with Crippen LogP contribution in [0.1, 0.15) is 24.1 Å². The number of rotatable bonds is 8. The molecule has 2 aromatic rings. The number of amides is 1. The van der Waals surface area contributed by atoms with Crippen LogP contribution >= 0.6 is 0 Å². The molecule has 7 nitrogen and oxygen atoms in total. The maximum atomic E-state index is 12.9. The number of methoxy groups -OCH3 is 2. The number of likely N-dealkylation sites (tertiary alicyclic amines) is 1. The van der Waals surface area contributed by atoms with E-state index in [1.165, 1.54) is 19.1 Å². The summed E-state index contributed by atoms with van der Waals surface area (Å²) >= 11 is 0. The number of hydrogen-bond acceptors (Lipinski definition) is 6. The molecule has 2 aromatic carbocycles. The standard InChI is InChI=1S/C23H25NO6/c1-4-30-17-10-8-15(9-11-17)20-19(22(26)23(27)24(20)12-13-28-2)21(25)16-6-5-7-18(14-16)29-3/h5-11,14,20,25H,4,12-13H2,1-3H3/b21-19-. The Labute approximate surface area is 175 Å². The highest BCUT2D eigenvalue weighted by molar-refractivity contribution is 6.46. The lowest BCUT2D eigenvalue weighted by Crippen LogP contribution is -2.32. The van der Waals surface area contributed by atoms with Crippen LogP contribution in [0.4, 0.5) is 0 Å². The van der Waals surface area contributed by atoms with Crippen LogP contribution in [-0.2, 0) is 14.3 Å². The molecule has 1 aliphatic heterocycles. The molecule has 7 heteroatoms. The van der Waals surface area contributed by atoms with Crippen molar-refractivity contribution in [2.45, 2.75) is 13.0 Å². The lowest BCUT2D eigenvalue weighted by molar-refractivity contribution is -0.140. The summed E-state index contributed by atoms with van der Waals surface area (Å²) in [4.78, 5) is 27.1. The Morgan fingerprint density at radius 1 is 1.07 bits per heavy atom. The highest BCUT2D eigenvalue weighted by Gasteiger charge is 2.45. The topological polar surface area (TPSA) is 85.3 Å². The molecule has 0 radical (unpaired) electrons. The van der Waals surface area contributed by atoms with E-state index in [2.05, 4.69) is 0 Å². The van der Waals surface area contributed by atoms with Crippen molar-refractivity contribution in [2.75, 3.05) is 34.0 Å². The number of carbonyl (C=O) groups is 2. The maximum Gasteiger partial charge on any atom is 0.295 e. The number of benzene rings is 2. The van der Waals surface area contributed by atoms with Gasteiger partial charge >= 0.3 is 0 Å². The van der Waals surface area contributed by atoms with Crippen LogP contribution in [0.5, 0.6) is 11.5 Å². The minimum atomic E-state index is -0.734. The van der Waals surface area contributed by atoms with E-state index in [4.69, 9.17) is 14.2 Å². The largest absolute Gasteiger partial charge is 0.507 e. The molecule has 3 rings (SSSR count). The summed E-state index contributed by atoms with van der Waals surface area (Å²) in [5.41, 5.74) is 1.13. The molecule has 0 bridgehead atoms. The zero-order valence-corrected chi connectivity index (χ0v) is 17.3. The van der Waals surface area contributed by atoms with E-state index in [0.29, 0.717) is 29.2 Å². The molecule has 158 valence electrons. The third-order valence-corrected chi connectivity index (χ3v) is 4.93. The number of carbonyl (C=O) groups excluding carboxylic acids is 2. The van der Waals surface area contributed by atoms with Gasteiger partial charge < -0.3 is 24.2 Å². The van der Waals surface area contributed by atoms with Crippen LogP contribution in [0.2, 0.25) is 0 Å². The smallest absolute Gasteiger partial charge is 0.295 e. The summed E-state index contributed by atoms with van der Waals surface area (Å²) in [5, 5.41) is 11.0. The number of nitrogens with zero attached hydrogens (tertiary/aromatic N) is 1. The zero-order valence-electron chi connectivity index (χ0n) is 17.3. The van der Waals surface area contributed by atoms with Crippen molar-refractivity contribution in [1.29, 1.82) is 0 Å². The number of aliphatic hydroxyl groups is 1. The molecular weight excluding hydrogens is 386 g/mol. The lowest BCUT2D eigenvalue weighted by Gasteiger charge is -2.25. The molecule has 0 saturated carbocycles. The summed E-state index contributed by atoms with van der Waals surface area (Å²) in [5.74, 6) is -0.431. The molecule has 30 heavy (non-hydrogen) atoms. The van der Waals surface area contributed by atoms with Gasteiger partial charge in [-0.3, -0.25) is 9.59 Å². The first-order valence-corrected chi connectivity index (χ1v) is 9.66. The van der Waals surface area contributed by atoms with Crippen LogP contribution in [0.15, 0.2) is 54.1 Å². The molecule has 1 fully saturated rings. The van der Waals surface area contributed by atoms with Crippen molar-refractivity contribution < 1.29 is 28.9 Å². The lowest BCUT2D eigenvalue weighted by atomic mass is 9.95. The molecule has 1 N–H and O–H groups in total. The molecule has 1 unspecified atom stereocenters. The quantitative estimate of drug-likeness (QED) is 0.408. The maximum absolute atomic E-state index is 12.9. The van der Waals surface area contributed by atoms with Crippen molar-refractivity contribution in [2.24, 2.45) is 0 Å². The van der Waals surface area contributed by atoms with E-state index in [0.717, 1.165) is 0 Å². The van der Waals surface area contributed by atoms with Crippen LogP contribution < -0.4 is 9.47 Å². The third-order valence-electron chi connectivity index (χ3n) is 4.93. The Balaban J connectivity index is 2.12. The first kappa shape index (κ1) is 21.4. The van der Waals surface area contributed by atoms with Gasteiger partial charge in [0.25, 0.3) is 11.7 Å². The monoisotopic (exact) mass is 411 g/mol. The number of ketones is 1. The summed E-state index contributed by atoms with van der Waals surface area (Å²) in [6, 6.07) is 13.1. The Morgan fingerprint density at radius 3 is 2.43 bits per heavy atom. The average Bonchev–Trinajstić information content (AvgIpc) is 3.02. The minimum Gasteiger partial charge on any atom is -0.507 e. The number of aliphatic hydroxyl groups excluding tert-OH is 1. The van der Waals surface area contributed by atoms with Crippen molar-refractivity contribution >= 4 is 17.4 Å². The van der Waals surface area contributed by atoms with Gasteiger partial charge in [-0.15, -0.1) is 0 Å². The third kappa shape index (κ3) is 4.16. The molecule has 1 saturated heterocycles. The Bertz CT molecular complexity index is 950. The van der Waals surface area contributed by atoms with Crippen LogP contribution in [0, 0.1) is 0 Å². The molecular formula is C23H25NO6. The molecule has 0 spiro atoms. The highest BCUT2D eigenvalue weighted by atomic mass is 16.5. The first-order valence-electron chi connectivity index (χ1n) is 9.66. The van der Waals surface area contributed by atoms with Crippen molar-refractivity contribution in [1.82, 2.24) is 4.90 Å².